The highest BCUT2D eigenvalue weighted by Gasteiger charge is 2.29. The average molecular weight is 435 g/mol. The number of hydrogen-bond donors (Lipinski definition) is 0. The third kappa shape index (κ3) is 3.74. The van der Waals surface area contributed by atoms with Crippen molar-refractivity contribution in [2.75, 3.05) is 13.1 Å². The first-order valence-corrected chi connectivity index (χ1v) is 10.8. The van der Waals surface area contributed by atoms with Gasteiger partial charge in [-0.2, -0.15) is 0 Å². The molecule has 2 aromatic heterocycles. The number of fused-ring (bicyclic) bond motifs is 1. The number of carbonyl (C=O) groups is 1. The summed E-state index contributed by atoms with van der Waals surface area (Å²) in [6.45, 7) is 1.02. The van der Waals surface area contributed by atoms with Crippen molar-refractivity contribution in [3.63, 3.8) is 0 Å². The maximum absolute atomic E-state index is 14.1. The molecule has 5 rings (SSSR count). The van der Waals surface area contributed by atoms with Crippen molar-refractivity contribution in [1.82, 2.24) is 15.1 Å². The van der Waals surface area contributed by atoms with Gasteiger partial charge in [-0.05, 0) is 37.1 Å². The van der Waals surface area contributed by atoms with Gasteiger partial charge in [0.15, 0.2) is 16.2 Å². The minimum atomic E-state index is -0.336. The van der Waals surface area contributed by atoms with Crippen LogP contribution in [0.2, 0.25) is 0 Å². The van der Waals surface area contributed by atoms with Gasteiger partial charge in [-0.3, -0.25) is 9.59 Å². The highest BCUT2D eigenvalue weighted by atomic mass is 32.1. The fraction of sp³-hybridized carbons (Fsp3) is 0.217. The van der Waals surface area contributed by atoms with Crippen molar-refractivity contribution in [2.24, 2.45) is 0 Å². The van der Waals surface area contributed by atoms with Gasteiger partial charge in [0.2, 0.25) is 0 Å². The number of rotatable bonds is 3. The van der Waals surface area contributed by atoms with Gasteiger partial charge in [0.05, 0.1) is 5.39 Å². The summed E-state index contributed by atoms with van der Waals surface area (Å²) in [5.74, 6) is -0.611. The molecule has 31 heavy (non-hydrogen) atoms. The first-order valence-electron chi connectivity index (χ1n) is 10.0. The molecule has 6 nitrogen and oxygen atoms in total. The maximum atomic E-state index is 14.1. The fourth-order valence-electron chi connectivity index (χ4n) is 3.87. The molecule has 0 N–H and O–H groups in total. The molecule has 3 heterocycles. The minimum absolute atomic E-state index is 0.00269. The molecule has 1 atom stereocenters. The minimum Gasteiger partial charge on any atom is -0.451 e. The Labute approximate surface area is 181 Å². The molecule has 0 aliphatic carbocycles. The summed E-state index contributed by atoms with van der Waals surface area (Å²) < 4.78 is 19.8. The Balaban J connectivity index is 1.38. The molecule has 1 unspecified atom stereocenters. The van der Waals surface area contributed by atoms with Gasteiger partial charge in [-0.15, -0.1) is 10.2 Å². The van der Waals surface area contributed by atoms with Crippen LogP contribution in [-0.2, 0) is 0 Å². The summed E-state index contributed by atoms with van der Waals surface area (Å²) in [5, 5.41) is 10.2. The normalized spacial score (nSPS) is 16.5. The Morgan fingerprint density at radius 1 is 1.13 bits per heavy atom. The number of aromatic nitrogens is 2. The second-order valence-corrected chi connectivity index (χ2v) is 8.50. The van der Waals surface area contributed by atoms with Crippen molar-refractivity contribution in [1.29, 1.82) is 0 Å². The van der Waals surface area contributed by atoms with Crippen LogP contribution in [0.15, 0.2) is 63.8 Å². The number of amides is 1. The lowest BCUT2D eigenvalue weighted by Crippen LogP contribution is -2.39. The fourth-order valence-corrected chi connectivity index (χ4v) is 4.87. The predicted molar refractivity (Wildman–Crippen MR) is 116 cm³/mol. The van der Waals surface area contributed by atoms with E-state index in [1.54, 1.807) is 47.4 Å². The van der Waals surface area contributed by atoms with Crippen LogP contribution in [0.4, 0.5) is 4.39 Å². The van der Waals surface area contributed by atoms with Crippen LogP contribution in [-0.4, -0.2) is 34.1 Å². The van der Waals surface area contributed by atoms with Crippen LogP contribution in [0, 0.1) is 5.82 Å². The summed E-state index contributed by atoms with van der Waals surface area (Å²) in [7, 11) is 0. The van der Waals surface area contributed by atoms with Crippen molar-refractivity contribution in [3.8, 4) is 10.6 Å². The van der Waals surface area contributed by atoms with E-state index < -0.39 is 0 Å². The molecule has 8 heteroatoms. The van der Waals surface area contributed by atoms with E-state index in [1.807, 2.05) is 0 Å². The first-order chi connectivity index (χ1) is 15.1. The maximum Gasteiger partial charge on any atom is 0.289 e. The standard InChI is InChI=1S/C23H18FN3O3S/c24-17-9-3-1-7-15(17)22-26-25-21(31-22)14-6-5-11-27(13-14)23(29)20-12-18(28)16-8-2-4-10-19(16)30-20/h1-4,7-10,12,14H,5-6,11,13H2. The number of para-hydroxylation sites is 1. The summed E-state index contributed by atoms with van der Waals surface area (Å²) in [5.41, 5.74) is 0.580. The number of halogens is 1. The Hall–Kier alpha value is -3.39. The second-order valence-electron chi connectivity index (χ2n) is 7.49. The summed E-state index contributed by atoms with van der Waals surface area (Å²) in [4.78, 5) is 27.1. The van der Waals surface area contributed by atoms with Crippen molar-refractivity contribution in [2.45, 2.75) is 18.8 Å². The second kappa shape index (κ2) is 8.03. The molecule has 156 valence electrons. The van der Waals surface area contributed by atoms with E-state index in [0.717, 1.165) is 17.8 Å². The zero-order chi connectivity index (χ0) is 21.4. The van der Waals surface area contributed by atoms with Gasteiger partial charge >= 0.3 is 0 Å². The number of likely N-dealkylation sites (tertiary alicyclic amines) is 1. The Kier molecular flexibility index (Phi) is 5.07. The van der Waals surface area contributed by atoms with Crippen LogP contribution in [0.1, 0.15) is 34.3 Å². The monoisotopic (exact) mass is 435 g/mol. The van der Waals surface area contributed by atoms with Gasteiger partial charge in [0, 0.05) is 30.6 Å². The molecule has 1 amide bonds. The van der Waals surface area contributed by atoms with E-state index >= 15 is 0 Å². The smallest absolute Gasteiger partial charge is 0.289 e. The Bertz CT molecular complexity index is 1330. The molecule has 0 spiro atoms. The van der Waals surface area contributed by atoms with Crippen molar-refractivity contribution >= 4 is 28.2 Å². The lowest BCUT2D eigenvalue weighted by molar-refractivity contribution is 0.0675. The van der Waals surface area contributed by atoms with Gasteiger partial charge < -0.3 is 9.32 Å². The van der Waals surface area contributed by atoms with E-state index in [1.165, 1.54) is 23.5 Å². The Morgan fingerprint density at radius 3 is 2.81 bits per heavy atom. The number of nitrogens with zero attached hydrogens (tertiary/aromatic N) is 3. The number of benzene rings is 2. The molecule has 1 aliphatic rings. The van der Waals surface area contributed by atoms with Crippen LogP contribution < -0.4 is 5.43 Å². The van der Waals surface area contributed by atoms with Crippen LogP contribution in [0.3, 0.4) is 0 Å². The SMILES string of the molecule is O=C(c1cc(=O)c2ccccc2o1)N1CCCC(c2nnc(-c3ccccc3F)s2)C1. The molecule has 0 bridgehead atoms. The molecule has 0 saturated carbocycles. The molecule has 1 aliphatic heterocycles. The average Bonchev–Trinajstić information content (AvgIpc) is 3.29. The topological polar surface area (TPSA) is 76.3 Å². The van der Waals surface area contributed by atoms with Gasteiger partial charge in [0.25, 0.3) is 5.91 Å². The Morgan fingerprint density at radius 2 is 1.94 bits per heavy atom. The summed E-state index contributed by atoms with van der Waals surface area (Å²) in [6.07, 6.45) is 1.65. The van der Waals surface area contributed by atoms with Crippen molar-refractivity contribution < 1.29 is 13.6 Å². The van der Waals surface area contributed by atoms with E-state index in [-0.39, 0.29) is 28.8 Å². The molecular weight excluding hydrogens is 417 g/mol. The van der Waals surface area contributed by atoms with E-state index in [4.69, 9.17) is 4.42 Å². The van der Waals surface area contributed by atoms with E-state index in [9.17, 15) is 14.0 Å². The molecule has 1 fully saturated rings. The zero-order valence-corrected chi connectivity index (χ0v) is 17.3. The highest BCUT2D eigenvalue weighted by Crippen LogP contribution is 2.34. The zero-order valence-electron chi connectivity index (χ0n) is 16.5. The van der Waals surface area contributed by atoms with Gasteiger partial charge in [-0.1, -0.05) is 35.6 Å². The van der Waals surface area contributed by atoms with Gasteiger partial charge in [0.1, 0.15) is 16.4 Å². The number of carbonyl (C=O) groups excluding carboxylic acids is 1. The summed E-state index contributed by atoms with van der Waals surface area (Å²) >= 11 is 1.35. The predicted octanol–water partition coefficient (Wildman–Crippen LogP) is 4.47. The van der Waals surface area contributed by atoms with Crippen LogP contribution >= 0.6 is 11.3 Å². The molecular formula is C23H18FN3O3S. The molecule has 1 saturated heterocycles. The molecule has 0 radical (unpaired) electrons. The third-order valence-electron chi connectivity index (χ3n) is 5.45. The van der Waals surface area contributed by atoms with Gasteiger partial charge in [-0.25, -0.2) is 4.39 Å². The highest BCUT2D eigenvalue weighted by molar-refractivity contribution is 7.14. The molecule has 4 aromatic rings. The largest absolute Gasteiger partial charge is 0.451 e. The lowest BCUT2D eigenvalue weighted by Gasteiger charge is -2.31. The van der Waals surface area contributed by atoms with E-state index in [0.29, 0.717) is 34.6 Å². The quantitative estimate of drug-likeness (QED) is 0.475. The van der Waals surface area contributed by atoms with Crippen molar-refractivity contribution in [3.05, 3.63) is 81.4 Å². The first kappa shape index (κ1) is 19.6. The van der Waals surface area contributed by atoms with E-state index in [2.05, 4.69) is 10.2 Å². The van der Waals surface area contributed by atoms with Crippen LogP contribution in [0.25, 0.3) is 21.5 Å². The molecule has 2 aromatic carbocycles. The summed E-state index contributed by atoms with van der Waals surface area (Å²) in [6, 6.07) is 14.6. The lowest BCUT2D eigenvalue weighted by atomic mass is 9.98. The van der Waals surface area contributed by atoms with Crippen LogP contribution in [0.5, 0.6) is 0 Å². The number of hydrogen-bond acceptors (Lipinski definition) is 6. The third-order valence-corrected chi connectivity index (χ3v) is 6.57. The number of piperidine rings is 1.